The zero-order chi connectivity index (χ0) is 16.9. The molecule has 4 N–H and O–H groups in total. The number of benzene rings is 1. The number of nitro groups is 1. The third-order valence-electron chi connectivity index (χ3n) is 2.65. The van der Waals surface area contributed by atoms with Gasteiger partial charge in [0.05, 0.1) is 29.8 Å². The molecule has 0 aliphatic carbocycles. The van der Waals surface area contributed by atoms with Gasteiger partial charge in [0, 0.05) is 6.07 Å². The second kappa shape index (κ2) is 7.07. The van der Waals surface area contributed by atoms with E-state index in [2.05, 4.69) is 4.74 Å². The minimum Gasteiger partial charge on any atom is -0.465 e. The molecule has 0 saturated carbocycles. The molecular formula is C13H15N3O6. The van der Waals surface area contributed by atoms with Crippen molar-refractivity contribution >= 4 is 23.2 Å². The van der Waals surface area contributed by atoms with Crippen LogP contribution in [0.15, 0.2) is 24.0 Å². The molecule has 9 heteroatoms. The molecule has 0 unspecified atom stereocenters. The lowest BCUT2D eigenvalue weighted by Crippen LogP contribution is -2.19. The highest BCUT2D eigenvalue weighted by Crippen LogP contribution is 2.29. The molecular weight excluding hydrogens is 294 g/mol. The Bertz CT molecular complexity index is 649. The Hall–Kier alpha value is -3.10. The molecule has 22 heavy (non-hydrogen) atoms. The van der Waals surface area contributed by atoms with E-state index in [4.69, 9.17) is 16.2 Å². The summed E-state index contributed by atoms with van der Waals surface area (Å²) in [5.41, 5.74) is 9.84. The molecule has 1 rings (SSSR count). The Labute approximate surface area is 125 Å². The maximum Gasteiger partial charge on any atom is 0.342 e. The number of hydrogen-bond acceptors (Lipinski definition) is 8. The molecule has 0 fully saturated rings. The number of esters is 2. The van der Waals surface area contributed by atoms with E-state index >= 15 is 0 Å². The predicted octanol–water partition coefficient (Wildman–Crippen LogP) is 0.530. The molecule has 0 saturated heterocycles. The van der Waals surface area contributed by atoms with Gasteiger partial charge in [-0.05, 0) is 19.1 Å². The first-order valence-electron chi connectivity index (χ1n) is 6.12. The van der Waals surface area contributed by atoms with Crippen molar-refractivity contribution in [2.45, 2.75) is 6.92 Å². The van der Waals surface area contributed by atoms with Crippen LogP contribution in [-0.4, -0.2) is 30.6 Å². The first kappa shape index (κ1) is 17.0. The molecule has 0 spiro atoms. The van der Waals surface area contributed by atoms with Crippen LogP contribution in [0.2, 0.25) is 0 Å². The number of ether oxygens (including phenoxy) is 2. The topological polar surface area (TPSA) is 148 Å². The number of hydrogen-bond donors (Lipinski definition) is 2. The first-order chi connectivity index (χ1) is 10.3. The average molecular weight is 309 g/mol. The molecule has 0 aliphatic heterocycles. The van der Waals surface area contributed by atoms with Crippen LogP contribution in [-0.2, 0) is 14.3 Å². The standard InChI is InChI=1S/C13H15N3O6/c1-3-22-13(18)10(11(14)15)8-5-4-7(12(17)21-2)6-9(8)16(19)20/h4-6H,3,14-15H2,1-2H3. The van der Waals surface area contributed by atoms with Gasteiger partial charge in [-0.1, -0.05) is 0 Å². The maximum atomic E-state index is 11.9. The van der Waals surface area contributed by atoms with Gasteiger partial charge < -0.3 is 20.9 Å². The third kappa shape index (κ3) is 3.51. The summed E-state index contributed by atoms with van der Waals surface area (Å²) in [7, 11) is 1.14. The molecule has 0 aliphatic rings. The zero-order valence-corrected chi connectivity index (χ0v) is 12.0. The number of nitrogens with two attached hydrogens (primary N) is 2. The number of nitrogens with zero attached hydrogens (tertiary/aromatic N) is 1. The van der Waals surface area contributed by atoms with E-state index in [1.54, 1.807) is 6.92 Å². The van der Waals surface area contributed by atoms with E-state index in [9.17, 15) is 19.7 Å². The molecule has 0 radical (unpaired) electrons. The lowest BCUT2D eigenvalue weighted by atomic mass is 10.0. The van der Waals surface area contributed by atoms with Crippen LogP contribution in [0.1, 0.15) is 22.8 Å². The van der Waals surface area contributed by atoms with Crippen LogP contribution in [0.25, 0.3) is 5.57 Å². The SMILES string of the molecule is CCOC(=O)C(=C(N)N)c1ccc(C(=O)OC)cc1[N+](=O)[O-]. The van der Waals surface area contributed by atoms with Gasteiger partial charge in [-0.15, -0.1) is 0 Å². The predicted molar refractivity (Wildman–Crippen MR) is 76.4 cm³/mol. The fourth-order valence-corrected chi connectivity index (χ4v) is 1.73. The summed E-state index contributed by atoms with van der Waals surface area (Å²) < 4.78 is 9.27. The Balaban J connectivity index is 3.51. The van der Waals surface area contributed by atoms with E-state index in [0.717, 1.165) is 13.2 Å². The van der Waals surface area contributed by atoms with Crippen molar-refractivity contribution in [1.82, 2.24) is 0 Å². The minimum absolute atomic E-state index is 0.0447. The molecule has 118 valence electrons. The number of methoxy groups -OCH3 is 1. The van der Waals surface area contributed by atoms with Crippen LogP contribution in [0.3, 0.4) is 0 Å². The van der Waals surface area contributed by atoms with Gasteiger partial charge in [-0.25, -0.2) is 9.59 Å². The number of carbonyl (C=O) groups is 2. The summed E-state index contributed by atoms with van der Waals surface area (Å²) in [4.78, 5) is 33.8. The van der Waals surface area contributed by atoms with Crippen molar-refractivity contribution in [3.63, 3.8) is 0 Å². The number of carbonyl (C=O) groups excluding carboxylic acids is 2. The van der Waals surface area contributed by atoms with Gasteiger partial charge in [0.25, 0.3) is 5.69 Å². The molecule has 0 atom stereocenters. The van der Waals surface area contributed by atoms with E-state index < -0.39 is 28.4 Å². The van der Waals surface area contributed by atoms with Gasteiger partial charge in [-0.3, -0.25) is 10.1 Å². The summed E-state index contributed by atoms with van der Waals surface area (Å²) in [5, 5.41) is 11.2. The highest BCUT2D eigenvalue weighted by Gasteiger charge is 2.26. The average Bonchev–Trinajstić information content (AvgIpc) is 2.46. The van der Waals surface area contributed by atoms with E-state index in [0.29, 0.717) is 0 Å². The fourth-order valence-electron chi connectivity index (χ4n) is 1.73. The van der Waals surface area contributed by atoms with E-state index in [-0.39, 0.29) is 23.3 Å². The summed E-state index contributed by atoms with van der Waals surface area (Å²) >= 11 is 0. The number of nitro benzene ring substituents is 1. The summed E-state index contributed by atoms with van der Waals surface area (Å²) in [6.07, 6.45) is 0. The first-order valence-corrected chi connectivity index (χ1v) is 6.12. The zero-order valence-electron chi connectivity index (χ0n) is 12.0. The second-order valence-corrected chi connectivity index (χ2v) is 4.03. The van der Waals surface area contributed by atoms with Crippen molar-refractivity contribution in [2.75, 3.05) is 13.7 Å². The molecule has 0 aromatic heterocycles. The van der Waals surface area contributed by atoms with Crippen molar-refractivity contribution in [3.8, 4) is 0 Å². The Morgan fingerprint density at radius 2 is 1.95 bits per heavy atom. The Morgan fingerprint density at radius 1 is 1.32 bits per heavy atom. The Morgan fingerprint density at radius 3 is 2.41 bits per heavy atom. The highest BCUT2D eigenvalue weighted by atomic mass is 16.6. The lowest BCUT2D eigenvalue weighted by molar-refractivity contribution is -0.385. The van der Waals surface area contributed by atoms with Crippen molar-refractivity contribution in [1.29, 1.82) is 0 Å². The number of rotatable bonds is 5. The quantitative estimate of drug-likeness (QED) is 0.346. The van der Waals surface area contributed by atoms with Gasteiger partial charge in [-0.2, -0.15) is 0 Å². The second-order valence-electron chi connectivity index (χ2n) is 4.03. The van der Waals surface area contributed by atoms with Crippen LogP contribution in [0.5, 0.6) is 0 Å². The normalized spacial score (nSPS) is 9.73. The van der Waals surface area contributed by atoms with Crippen molar-refractivity contribution in [3.05, 3.63) is 45.3 Å². The summed E-state index contributed by atoms with van der Waals surface area (Å²) in [5.74, 6) is -2.07. The van der Waals surface area contributed by atoms with Crippen LogP contribution in [0, 0.1) is 10.1 Å². The fraction of sp³-hybridized carbons (Fsp3) is 0.231. The van der Waals surface area contributed by atoms with Gasteiger partial charge in [0.1, 0.15) is 11.4 Å². The van der Waals surface area contributed by atoms with E-state index in [1.165, 1.54) is 12.1 Å². The maximum absolute atomic E-state index is 11.9. The minimum atomic E-state index is -0.892. The lowest BCUT2D eigenvalue weighted by Gasteiger charge is -2.10. The van der Waals surface area contributed by atoms with Crippen LogP contribution in [0.4, 0.5) is 5.69 Å². The highest BCUT2D eigenvalue weighted by molar-refractivity contribution is 6.18. The third-order valence-corrected chi connectivity index (χ3v) is 2.65. The van der Waals surface area contributed by atoms with Gasteiger partial charge in [0.2, 0.25) is 0 Å². The monoisotopic (exact) mass is 309 g/mol. The summed E-state index contributed by atoms with van der Waals surface area (Å²) in [6, 6.07) is 3.43. The largest absolute Gasteiger partial charge is 0.465 e. The molecule has 0 amide bonds. The van der Waals surface area contributed by atoms with Crippen molar-refractivity contribution < 1.29 is 24.0 Å². The molecule has 9 nitrogen and oxygen atoms in total. The molecule has 1 aromatic carbocycles. The summed E-state index contributed by atoms with van der Waals surface area (Å²) in [6.45, 7) is 1.61. The smallest absolute Gasteiger partial charge is 0.342 e. The molecule has 0 heterocycles. The molecule has 1 aromatic rings. The van der Waals surface area contributed by atoms with Gasteiger partial charge in [0.15, 0.2) is 0 Å². The van der Waals surface area contributed by atoms with Crippen LogP contribution < -0.4 is 11.5 Å². The Kier molecular flexibility index (Phi) is 5.44. The van der Waals surface area contributed by atoms with Gasteiger partial charge >= 0.3 is 11.9 Å². The molecule has 0 bridgehead atoms. The van der Waals surface area contributed by atoms with Crippen molar-refractivity contribution in [2.24, 2.45) is 11.5 Å². The van der Waals surface area contributed by atoms with E-state index in [1.807, 2.05) is 0 Å². The van der Waals surface area contributed by atoms with Crippen LogP contribution >= 0.6 is 0 Å².